The molecule has 2 N–H and O–H groups in total. The zero-order valence-electron chi connectivity index (χ0n) is 11.9. The van der Waals surface area contributed by atoms with Crippen LogP contribution in [-0.2, 0) is 9.47 Å². The summed E-state index contributed by atoms with van der Waals surface area (Å²) in [5, 5.41) is 0. The molecule has 0 bridgehead atoms. The molecule has 0 aliphatic carbocycles. The quantitative estimate of drug-likeness (QED) is 0.503. The second-order valence-corrected chi connectivity index (χ2v) is 5.02. The second-order valence-electron chi connectivity index (χ2n) is 5.02. The normalized spacial score (nSPS) is 11.2. The number of rotatable bonds is 5. The highest BCUT2D eigenvalue weighted by atomic mass is 16.5. The third-order valence-electron chi connectivity index (χ3n) is 2.32. The average Bonchev–Trinajstić information content (AvgIpc) is 2.33. The number of anilines is 1. The van der Waals surface area contributed by atoms with Crippen molar-refractivity contribution in [3.8, 4) is 5.75 Å². The van der Waals surface area contributed by atoms with Crippen LogP contribution in [0.25, 0.3) is 0 Å². The first-order valence-corrected chi connectivity index (χ1v) is 6.08. The largest absolute Gasteiger partial charge is 0.488 e. The molecule has 19 heavy (non-hydrogen) atoms. The molecule has 0 fully saturated rings. The molecule has 0 aliphatic rings. The van der Waals surface area contributed by atoms with E-state index in [-0.39, 0.29) is 5.60 Å². The Morgan fingerprint density at radius 2 is 1.95 bits per heavy atom. The molecule has 1 aromatic rings. The fourth-order valence-electron chi connectivity index (χ4n) is 1.48. The third-order valence-corrected chi connectivity index (χ3v) is 2.32. The van der Waals surface area contributed by atoms with Gasteiger partial charge in [-0.05, 0) is 32.9 Å². The molecule has 0 heterocycles. The summed E-state index contributed by atoms with van der Waals surface area (Å²) in [6.07, 6.45) is 0. The van der Waals surface area contributed by atoms with Crippen LogP contribution in [0.15, 0.2) is 18.2 Å². The van der Waals surface area contributed by atoms with Gasteiger partial charge < -0.3 is 19.9 Å². The van der Waals surface area contributed by atoms with E-state index in [1.165, 1.54) is 7.11 Å². The van der Waals surface area contributed by atoms with Gasteiger partial charge in [0.2, 0.25) is 0 Å². The fraction of sp³-hybridized carbons (Fsp3) is 0.500. The van der Waals surface area contributed by atoms with Gasteiger partial charge in [0, 0.05) is 0 Å². The predicted molar refractivity (Wildman–Crippen MR) is 73.4 cm³/mol. The van der Waals surface area contributed by atoms with E-state index in [9.17, 15) is 4.79 Å². The minimum Gasteiger partial charge on any atom is -0.488 e. The highest BCUT2D eigenvalue weighted by Crippen LogP contribution is 2.27. The summed E-state index contributed by atoms with van der Waals surface area (Å²) in [5.41, 5.74) is 6.30. The Bertz CT molecular complexity index is 438. The molecule has 0 atom stereocenters. The van der Waals surface area contributed by atoms with Gasteiger partial charge in [0.1, 0.15) is 12.2 Å². The number of hydrogen-bond donors (Lipinski definition) is 1. The first-order chi connectivity index (χ1) is 8.85. The molecular formula is C14H21NO4. The van der Waals surface area contributed by atoms with Crippen LogP contribution in [0.2, 0.25) is 0 Å². The molecule has 106 valence electrons. The van der Waals surface area contributed by atoms with Crippen LogP contribution in [-0.4, -0.2) is 31.9 Å². The Morgan fingerprint density at radius 3 is 2.53 bits per heavy atom. The standard InChI is InChI=1S/C14H21NO4/c1-14(2,3)19-9-8-18-12-10(13(16)17-4)6-5-7-11(12)15/h5-7H,8-9,15H2,1-4H3. The number of para-hydroxylation sites is 1. The Kier molecular flexibility index (Phi) is 5.18. The maximum Gasteiger partial charge on any atom is 0.341 e. The Morgan fingerprint density at radius 1 is 1.26 bits per heavy atom. The van der Waals surface area contributed by atoms with Gasteiger partial charge in [-0.1, -0.05) is 6.07 Å². The number of ether oxygens (including phenoxy) is 3. The molecule has 5 nitrogen and oxygen atoms in total. The molecule has 0 unspecified atom stereocenters. The van der Waals surface area contributed by atoms with E-state index in [0.29, 0.717) is 30.2 Å². The molecule has 0 saturated carbocycles. The third kappa shape index (κ3) is 4.79. The summed E-state index contributed by atoms with van der Waals surface area (Å²) in [6, 6.07) is 4.97. The second kappa shape index (κ2) is 6.43. The Balaban J connectivity index is 2.69. The van der Waals surface area contributed by atoms with Crippen LogP contribution in [0.5, 0.6) is 5.75 Å². The van der Waals surface area contributed by atoms with E-state index in [1.807, 2.05) is 20.8 Å². The number of carbonyl (C=O) groups excluding carboxylic acids is 1. The minimum absolute atomic E-state index is 0.225. The lowest BCUT2D eigenvalue weighted by Crippen LogP contribution is -2.23. The van der Waals surface area contributed by atoms with Crippen molar-refractivity contribution >= 4 is 11.7 Å². The van der Waals surface area contributed by atoms with Gasteiger partial charge in [-0.3, -0.25) is 0 Å². The highest BCUT2D eigenvalue weighted by Gasteiger charge is 2.16. The fourth-order valence-corrected chi connectivity index (χ4v) is 1.48. The van der Waals surface area contributed by atoms with E-state index in [1.54, 1.807) is 18.2 Å². The van der Waals surface area contributed by atoms with Crippen molar-refractivity contribution < 1.29 is 19.0 Å². The van der Waals surface area contributed by atoms with E-state index in [0.717, 1.165) is 0 Å². The number of benzene rings is 1. The number of nitrogen functional groups attached to an aromatic ring is 1. The average molecular weight is 267 g/mol. The zero-order chi connectivity index (χ0) is 14.5. The van der Waals surface area contributed by atoms with Crippen LogP contribution in [0.3, 0.4) is 0 Å². The van der Waals surface area contributed by atoms with Gasteiger partial charge in [0.25, 0.3) is 0 Å². The van der Waals surface area contributed by atoms with Crippen LogP contribution in [0.4, 0.5) is 5.69 Å². The number of esters is 1. The van der Waals surface area contributed by atoms with Gasteiger partial charge in [-0.15, -0.1) is 0 Å². The van der Waals surface area contributed by atoms with Crippen molar-refractivity contribution in [2.75, 3.05) is 26.1 Å². The van der Waals surface area contributed by atoms with E-state index in [4.69, 9.17) is 15.2 Å². The number of carbonyl (C=O) groups is 1. The maximum absolute atomic E-state index is 11.6. The van der Waals surface area contributed by atoms with Crippen LogP contribution < -0.4 is 10.5 Å². The molecular weight excluding hydrogens is 246 g/mol. The first kappa shape index (κ1) is 15.3. The summed E-state index contributed by atoms with van der Waals surface area (Å²) in [5.74, 6) is -0.133. The lowest BCUT2D eigenvalue weighted by molar-refractivity contribution is -0.0163. The lowest BCUT2D eigenvalue weighted by Gasteiger charge is -2.20. The summed E-state index contributed by atoms with van der Waals surface area (Å²) in [4.78, 5) is 11.6. The van der Waals surface area contributed by atoms with Gasteiger partial charge in [-0.2, -0.15) is 0 Å². The summed E-state index contributed by atoms with van der Waals surface area (Å²) in [6.45, 7) is 6.62. The van der Waals surface area contributed by atoms with Crippen molar-refractivity contribution in [3.05, 3.63) is 23.8 Å². The summed E-state index contributed by atoms with van der Waals surface area (Å²) >= 11 is 0. The molecule has 0 radical (unpaired) electrons. The number of hydrogen-bond acceptors (Lipinski definition) is 5. The smallest absolute Gasteiger partial charge is 0.341 e. The number of nitrogens with two attached hydrogens (primary N) is 1. The molecule has 0 spiro atoms. The SMILES string of the molecule is COC(=O)c1cccc(N)c1OCCOC(C)(C)C. The van der Waals surface area contributed by atoms with Crippen LogP contribution in [0, 0.1) is 0 Å². The van der Waals surface area contributed by atoms with E-state index < -0.39 is 5.97 Å². The van der Waals surface area contributed by atoms with Crippen molar-refractivity contribution in [1.29, 1.82) is 0 Å². The Labute approximate surface area is 113 Å². The summed E-state index contributed by atoms with van der Waals surface area (Å²) < 4.78 is 15.8. The van der Waals surface area contributed by atoms with Gasteiger partial charge in [0.15, 0.2) is 5.75 Å². The molecule has 5 heteroatoms. The molecule has 1 aromatic carbocycles. The Hall–Kier alpha value is -1.75. The highest BCUT2D eigenvalue weighted by molar-refractivity contribution is 5.94. The van der Waals surface area contributed by atoms with Crippen LogP contribution >= 0.6 is 0 Å². The van der Waals surface area contributed by atoms with E-state index in [2.05, 4.69) is 4.74 Å². The molecule has 0 aliphatic heterocycles. The van der Waals surface area contributed by atoms with Gasteiger partial charge in [-0.25, -0.2) is 4.79 Å². The van der Waals surface area contributed by atoms with E-state index >= 15 is 0 Å². The minimum atomic E-state index is -0.473. The zero-order valence-corrected chi connectivity index (χ0v) is 11.9. The van der Waals surface area contributed by atoms with Gasteiger partial charge in [0.05, 0.1) is 25.0 Å². The van der Waals surface area contributed by atoms with Crippen molar-refractivity contribution in [2.24, 2.45) is 0 Å². The topological polar surface area (TPSA) is 70.8 Å². The number of methoxy groups -OCH3 is 1. The predicted octanol–water partition coefficient (Wildman–Crippen LogP) is 2.25. The van der Waals surface area contributed by atoms with Crippen molar-refractivity contribution in [3.63, 3.8) is 0 Å². The first-order valence-electron chi connectivity index (χ1n) is 6.08. The maximum atomic E-state index is 11.6. The van der Waals surface area contributed by atoms with Gasteiger partial charge >= 0.3 is 5.97 Å². The monoisotopic (exact) mass is 267 g/mol. The summed E-state index contributed by atoms with van der Waals surface area (Å²) in [7, 11) is 1.32. The molecule has 0 aromatic heterocycles. The molecule has 0 amide bonds. The molecule has 1 rings (SSSR count). The van der Waals surface area contributed by atoms with Crippen LogP contribution in [0.1, 0.15) is 31.1 Å². The van der Waals surface area contributed by atoms with Crippen molar-refractivity contribution in [2.45, 2.75) is 26.4 Å². The van der Waals surface area contributed by atoms with Crippen molar-refractivity contribution in [1.82, 2.24) is 0 Å². The molecule has 0 saturated heterocycles. The lowest BCUT2D eigenvalue weighted by atomic mass is 10.2.